The maximum Gasteiger partial charge on any atom is 0.253 e. The zero-order valence-corrected chi connectivity index (χ0v) is 10.3. The molecule has 0 aliphatic carbocycles. The predicted molar refractivity (Wildman–Crippen MR) is 66.2 cm³/mol. The van der Waals surface area contributed by atoms with E-state index in [-0.39, 0.29) is 11.9 Å². The van der Waals surface area contributed by atoms with Crippen LogP contribution in [0, 0.1) is 6.92 Å². The quantitative estimate of drug-likeness (QED) is 0.836. The third kappa shape index (κ3) is 2.42. The van der Waals surface area contributed by atoms with Crippen LogP contribution in [0.15, 0.2) is 18.2 Å². The molecule has 2 rings (SSSR count). The number of aryl methyl sites for hydroxylation is 1. The van der Waals surface area contributed by atoms with Gasteiger partial charge in [-0.25, -0.2) is 0 Å². The van der Waals surface area contributed by atoms with Gasteiger partial charge in [-0.2, -0.15) is 0 Å². The van der Waals surface area contributed by atoms with Gasteiger partial charge in [-0.3, -0.25) is 4.79 Å². The highest BCUT2D eigenvalue weighted by atomic mass is 16.5. The lowest BCUT2D eigenvalue weighted by Crippen LogP contribution is -2.31. The molecule has 1 unspecified atom stereocenters. The summed E-state index contributed by atoms with van der Waals surface area (Å²) in [4.78, 5) is 14.0. The Morgan fingerprint density at radius 1 is 1.53 bits per heavy atom. The number of carbonyl (C=O) groups excluding carboxylic acids is 1. The van der Waals surface area contributed by atoms with E-state index in [1.54, 1.807) is 13.2 Å². The monoisotopic (exact) mass is 234 g/mol. The summed E-state index contributed by atoms with van der Waals surface area (Å²) in [5, 5.41) is 0. The highest BCUT2D eigenvalue weighted by Gasteiger charge is 2.24. The third-order valence-electron chi connectivity index (χ3n) is 3.15. The van der Waals surface area contributed by atoms with E-state index in [0.29, 0.717) is 12.1 Å². The zero-order chi connectivity index (χ0) is 12.4. The van der Waals surface area contributed by atoms with Crippen molar-refractivity contribution in [1.29, 1.82) is 0 Å². The molecule has 1 aromatic carbocycles. The molecule has 1 heterocycles. The second kappa shape index (κ2) is 4.75. The first kappa shape index (κ1) is 11.9. The van der Waals surface area contributed by atoms with Crippen LogP contribution in [0.2, 0.25) is 0 Å². The molecule has 0 bridgehead atoms. The summed E-state index contributed by atoms with van der Waals surface area (Å²) in [7, 11) is 1.63. The molecule has 1 atom stereocenters. The largest absolute Gasteiger partial charge is 0.496 e. The molecule has 1 fully saturated rings. The van der Waals surface area contributed by atoms with E-state index in [1.807, 2.05) is 24.0 Å². The average Bonchev–Trinajstić information content (AvgIpc) is 2.75. The molecule has 0 saturated carbocycles. The van der Waals surface area contributed by atoms with Crippen LogP contribution < -0.4 is 10.5 Å². The fourth-order valence-electron chi connectivity index (χ4n) is 2.17. The molecule has 0 spiro atoms. The van der Waals surface area contributed by atoms with Gasteiger partial charge in [0.25, 0.3) is 5.91 Å². The van der Waals surface area contributed by atoms with Gasteiger partial charge in [0.1, 0.15) is 5.75 Å². The van der Waals surface area contributed by atoms with Crippen molar-refractivity contribution in [3.63, 3.8) is 0 Å². The molecular formula is C13H18N2O2. The predicted octanol–water partition coefficient (Wildman–Crippen LogP) is 1.18. The Bertz CT molecular complexity index is 431. The van der Waals surface area contributed by atoms with Gasteiger partial charge in [0.15, 0.2) is 0 Å². The van der Waals surface area contributed by atoms with Crippen molar-refractivity contribution in [1.82, 2.24) is 4.90 Å². The van der Waals surface area contributed by atoms with Crippen LogP contribution in [-0.2, 0) is 0 Å². The van der Waals surface area contributed by atoms with Crippen LogP contribution >= 0.6 is 0 Å². The van der Waals surface area contributed by atoms with E-state index in [9.17, 15) is 4.79 Å². The standard InChI is InChI=1S/C13H18N2O2/c1-9-7-10(3-4-12(9)17-2)13(16)15-6-5-11(14)8-15/h3-4,7,11H,5-6,8,14H2,1-2H3. The van der Waals surface area contributed by atoms with Gasteiger partial charge < -0.3 is 15.4 Å². The average molecular weight is 234 g/mol. The van der Waals surface area contributed by atoms with E-state index in [0.717, 1.165) is 24.3 Å². The number of hydrogen-bond donors (Lipinski definition) is 1. The van der Waals surface area contributed by atoms with Gasteiger partial charge in [-0.05, 0) is 37.1 Å². The maximum atomic E-state index is 12.2. The Labute approximate surface area is 101 Å². The number of hydrogen-bond acceptors (Lipinski definition) is 3. The van der Waals surface area contributed by atoms with Gasteiger partial charge in [0.2, 0.25) is 0 Å². The first-order chi connectivity index (χ1) is 8.11. The fraction of sp³-hybridized carbons (Fsp3) is 0.462. The second-order valence-corrected chi connectivity index (χ2v) is 4.48. The first-order valence-corrected chi connectivity index (χ1v) is 5.81. The van der Waals surface area contributed by atoms with Gasteiger partial charge in [-0.1, -0.05) is 0 Å². The van der Waals surface area contributed by atoms with Crippen molar-refractivity contribution in [2.24, 2.45) is 5.73 Å². The normalized spacial score (nSPS) is 19.5. The molecule has 1 aliphatic heterocycles. The van der Waals surface area contributed by atoms with Gasteiger partial charge in [0.05, 0.1) is 7.11 Å². The molecule has 92 valence electrons. The molecule has 1 saturated heterocycles. The van der Waals surface area contributed by atoms with Gasteiger partial charge >= 0.3 is 0 Å². The topological polar surface area (TPSA) is 55.6 Å². The molecular weight excluding hydrogens is 216 g/mol. The lowest BCUT2D eigenvalue weighted by Gasteiger charge is -2.16. The highest BCUT2D eigenvalue weighted by Crippen LogP contribution is 2.20. The van der Waals surface area contributed by atoms with Crippen molar-refractivity contribution in [2.75, 3.05) is 20.2 Å². The summed E-state index contributed by atoms with van der Waals surface area (Å²) < 4.78 is 5.18. The smallest absolute Gasteiger partial charge is 0.253 e. The van der Waals surface area contributed by atoms with E-state index in [1.165, 1.54) is 0 Å². The summed E-state index contributed by atoms with van der Waals surface area (Å²) in [6.45, 7) is 3.35. The summed E-state index contributed by atoms with van der Waals surface area (Å²) in [6, 6.07) is 5.62. The Kier molecular flexibility index (Phi) is 3.33. The fourth-order valence-corrected chi connectivity index (χ4v) is 2.17. The third-order valence-corrected chi connectivity index (χ3v) is 3.15. The summed E-state index contributed by atoms with van der Waals surface area (Å²) in [5.41, 5.74) is 7.48. The number of benzene rings is 1. The summed E-state index contributed by atoms with van der Waals surface area (Å²) >= 11 is 0. The van der Waals surface area contributed by atoms with E-state index in [2.05, 4.69) is 0 Å². The zero-order valence-electron chi connectivity index (χ0n) is 10.3. The van der Waals surface area contributed by atoms with Crippen molar-refractivity contribution in [2.45, 2.75) is 19.4 Å². The Hall–Kier alpha value is -1.55. The molecule has 4 nitrogen and oxygen atoms in total. The minimum Gasteiger partial charge on any atom is -0.496 e. The lowest BCUT2D eigenvalue weighted by atomic mass is 10.1. The number of amides is 1. The minimum atomic E-state index is 0.0590. The maximum absolute atomic E-state index is 12.2. The molecule has 4 heteroatoms. The molecule has 1 amide bonds. The number of rotatable bonds is 2. The molecule has 0 aromatic heterocycles. The second-order valence-electron chi connectivity index (χ2n) is 4.48. The summed E-state index contributed by atoms with van der Waals surface area (Å²) in [5.74, 6) is 0.864. The lowest BCUT2D eigenvalue weighted by molar-refractivity contribution is 0.0791. The van der Waals surface area contributed by atoms with Crippen LogP contribution in [0.4, 0.5) is 0 Å². The van der Waals surface area contributed by atoms with Crippen LogP contribution in [-0.4, -0.2) is 37.0 Å². The van der Waals surface area contributed by atoms with Crippen LogP contribution in [0.3, 0.4) is 0 Å². The number of carbonyl (C=O) groups is 1. The number of likely N-dealkylation sites (tertiary alicyclic amines) is 1. The Balaban J connectivity index is 2.17. The van der Waals surface area contributed by atoms with Crippen molar-refractivity contribution < 1.29 is 9.53 Å². The van der Waals surface area contributed by atoms with Crippen molar-refractivity contribution >= 4 is 5.91 Å². The number of nitrogens with zero attached hydrogens (tertiary/aromatic N) is 1. The van der Waals surface area contributed by atoms with Crippen LogP contribution in [0.25, 0.3) is 0 Å². The molecule has 2 N–H and O–H groups in total. The van der Waals surface area contributed by atoms with E-state index >= 15 is 0 Å². The van der Waals surface area contributed by atoms with E-state index < -0.39 is 0 Å². The van der Waals surface area contributed by atoms with Gasteiger partial charge in [0, 0.05) is 24.7 Å². The molecule has 1 aromatic rings. The Morgan fingerprint density at radius 3 is 2.82 bits per heavy atom. The molecule has 0 radical (unpaired) electrons. The SMILES string of the molecule is COc1ccc(C(=O)N2CCC(N)C2)cc1C. The van der Waals surface area contributed by atoms with E-state index in [4.69, 9.17) is 10.5 Å². The van der Waals surface area contributed by atoms with Gasteiger partial charge in [-0.15, -0.1) is 0 Å². The molecule has 1 aliphatic rings. The number of nitrogens with two attached hydrogens (primary N) is 1. The van der Waals surface area contributed by atoms with Crippen LogP contribution in [0.5, 0.6) is 5.75 Å². The number of methoxy groups -OCH3 is 1. The summed E-state index contributed by atoms with van der Waals surface area (Å²) in [6.07, 6.45) is 0.890. The van der Waals surface area contributed by atoms with Crippen molar-refractivity contribution in [3.8, 4) is 5.75 Å². The highest BCUT2D eigenvalue weighted by molar-refractivity contribution is 5.94. The number of ether oxygens (including phenoxy) is 1. The minimum absolute atomic E-state index is 0.0590. The first-order valence-electron chi connectivity index (χ1n) is 5.81. The van der Waals surface area contributed by atoms with Crippen LogP contribution in [0.1, 0.15) is 22.3 Å². The van der Waals surface area contributed by atoms with Crippen molar-refractivity contribution in [3.05, 3.63) is 29.3 Å². The Morgan fingerprint density at radius 2 is 2.29 bits per heavy atom. The molecule has 17 heavy (non-hydrogen) atoms.